The Hall–Kier alpha value is -13.7. The van der Waals surface area contributed by atoms with Crippen LogP contribution in [0.1, 0.15) is 164 Å². The van der Waals surface area contributed by atoms with Crippen molar-refractivity contribution in [3.63, 3.8) is 0 Å². The Kier molecular flexibility index (Phi) is 38.1. The Bertz CT molecular complexity index is 7210. The first-order valence-electron chi connectivity index (χ1n) is 47.8. The van der Waals surface area contributed by atoms with Crippen molar-refractivity contribution in [1.29, 1.82) is 0 Å². The van der Waals surface area contributed by atoms with E-state index in [1.807, 2.05) is 54.8 Å². The summed E-state index contributed by atoms with van der Waals surface area (Å²) in [6.07, 6.45) is 10.6. The van der Waals surface area contributed by atoms with Crippen LogP contribution in [0.2, 0.25) is 0 Å². The van der Waals surface area contributed by atoms with Gasteiger partial charge in [-0.15, -0.1) is 11.8 Å². The maximum atomic E-state index is 13.7. The molecular weight excluding hydrogens is 1990 g/mol. The van der Waals surface area contributed by atoms with E-state index in [1.165, 1.54) is 119 Å². The lowest BCUT2D eigenvalue weighted by molar-refractivity contribution is -0.146. The normalized spacial score (nSPS) is 13.0. The average molecular weight is 2110 g/mol. The molecule has 3 aliphatic rings. The standard InChI is InChI=1S/C39H39FN2O8S.C36H39FN2O10S.C34H37FN2O8S2/c1-41-38(43)36-33-22-32(28-12-13-28)34(23-35(33)50-37(36)29-14-16-31(40)17-15-29)42(51(2,45)46)18-19-47-20-21-48-24-27-8-10-30(11-9-27)39(44)49-25-26-6-4-3-5-7-26;1-4-47-32(40)22-48-36(42)26-7-5-23(6-8-26)21-46-18-17-45-16-15-39(50(3,43)44)30-20-31-29(19-28(30)24-9-10-24)33(35(41)38-2)34(49-31)25-11-13-27(37)14-12-25;1-36-33(38)31-28-18-27(23-8-9-23)29(19-30(28)45-32(31)24-10-12-26(35)13-11-24)37(47(3,40)41)14-15-42-16-17-43-20-22-4-6-25(7-5-22)34(39)44-21-46-2/h3-11,14-17,22-23,28H,12-13,18-21,24-25H2,1-2H3,(H,41,43);5-8,11-14,19-20,24H,4,9-10,15-18,21-22H2,1-3H3,(H,38,41);4-7,10-13,18-19,23H,8-9,14-17,20-21H2,1-3H3,(H,36,38). The van der Waals surface area contributed by atoms with Gasteiger partial charge in [-0.2, -0.15) is 0 Å². The topological polar surface area (TPSA) is 399 Å². The molecule has 3 N–H and O–H groups in total. The summed E-state index contributed by atoms with van der Waals surface area (Å²) in [6.45, 7) is 4.46. The number of esters is 4. The molecule has 782 valence electrons. The molecule has 3 heterocycles. The van der Waals surface area contributed by atoms with Gasteiger partial charge in [0.1, 0.15) is 64.0 Å². The number of nitrogens with zero attached hydrogens (tertiary/aromatic N) is 3. The van der Waals surface area contributed by atoms with Gasteiger partial charge in [0.05, 0.1) is 175 Å². The summed E-state index contributed by atoms with van der Waals surface area (Å²) in [4.78, 5) is 86.9. The summed E-state index contributed by atoms with van der Waals surface area (Å²) in [5.74, 6) is -2.90. The molecule has 0 bridgehead atoms. The predicted molar refractivity (Wildman–Crippen MR) is 555 cm³/mol. The Labute approximate surface area is 859 Å². The van der Waals surface area contributed by atoms with Gasteiger partial charge in [-0.1, -0.05) is 66.7 Å². The minimum atomic E-state index is -3.75. The molecule has 148 heavy (non-hydrogen) atoms. The molecule has 0 aliphatic heterocycles. The number of hydrogen-bond acceptors (Lipinski definition) is 27. The van der Waals surface area contributed by atoms with Crippen LogP contribution in [-0.4, -0.2) is 211 Å². The van der Waals surface area contributed by atoms with Gasteiger partial charge in [-0.25, -0.2) is 57.6 Å². The second kappa shape index (κ2) is 51.3. The van der Waals surface area contributed by atoms with E-state index in [2.05, 4.69) is 16.0 Å². The number of nitrogens with one attached hydrogen (secondary N) is 3. The summed E-state index contributed by atoms with van der Waals surface area (Å²) in [7, 11) is -6.64. The first kappa shape index (κ1) is 110. The molecule has 39 heteroatoms. The number of benzene rings is 10. The van der Waals surface area contributed by atoms with E-state index in [1.54, 1.807) is 97.9 Å². The number of rotatable bonds is 49. The zero-order valence-corrected chi connectivity index (χ0v) is 86.1. The highest BCUT2D eigenvalue weighted by atomic mass is 32.2. The van der Waals surface area contributed by atoms with Gasteiger partial charge in [0.25, 0.3) is 17.7 Å². The number of halogens is 3. The zero-order chi connectivity index (χ0) is 105. The molecule has 3 aromatic heterocycles. The third-order valence-electron chi connectivity index (χ3n) is 24.2. The number of ether oxygens (including phenoxy) is 10. The summed E-state index contributed by atoms with van der Waals surface area (Å²) >= 11 is 1.42. The lowest BCUT2D eigenvalue weighted by atomic mass is 10.0. The smallest absolute Gasteiger partial charge is 0.344 e. The molecular formula is C109H115F3N6O26S4. The van der Waals surface area contributed by atoms with Crippen LogP contribution < -0.4 is 28.9 Å². The summed E-state index contributed by atoms with van der Waals surface area (Å²) in [5.41, 5.74) is 12.0. The Morgan fingerprint density at radius 3 is 0.932 bits per heavy atom. The number of carbonyl (C=O) groups excluding carboxylic acids is 7. The lowest BCUT2D eigenvalue weighted by Crippen LogP contribution is -2.34. The largest absolute Gasteiger partial charge is 0.463 e. The van der Waals surface area contributed by atoms with Crippen LogP contribution in [0, 0.1) is 17.5 Å². The van der Waals surface area contributed by atoms with Crippen molar-refractivity contribution in [1.82, 2.24) is 16.0 Å². The van der Waals surface area contributed by atoms with Crippen molar-refractivity contribution in [3.8, 4) is 34.0 Å². The predicted octanol–water partition coefficient (Wildman–Crippen LogP) is 18.0. The van der Waals surface area contributed by atoms with Crippen molar-refractivity contribution in [2.45, 2.75) is 89.6 Å². The first-order valence-corrected chi connectivity index (χ1v) is 54.8. The molecule has 10 aromatic carbocycles. The van der Waals surface area contributed by atoms with Crippen LogP contribution in [-0.2, 0) is 109 Å². The number of fused-ring (bicyclic) bond motifs is 3. The average Bonchev–Trinajstić information content (AvgIpc) is 1.59. The zero-order valence-electron chi connectivity index (χ0n) is 82.8. The number of anilines is 3. The number of thioether (sulfide) groups is 1. The summed E-state index contributed by atoms with van der Waals surface area (Å²) in [6, 6.07) is 57.4. The van der Waals surface area contributed by atoms with Gasteiger partial charge in [0, 0.05) is 72.2 Å². The molecule has 0 saturated heterocycles. The van der Waals surface area contributed by atoms with Gasteiger partial charge in [0.2, 0.25) is 30.1 Å². The lowest BCUT2D eigenvalue weighted by Gasteiger charge is -2.25. The third kappa shape index (κ3) is 29.4. The van der Waals surface area contributed by atoms with E-state index in [-0.39, 0.29) is 163 Å². The number of furan rings is 3. The molecule has 3 fully saturated rings. The molecule has 32 nitrogen and oxygen atoms in total. The van der Waals surface area contributed by atoms with Crippen molar-refractivity contribution >= 4 is 133 Å². The molecule has 3 amide bonds. The van der Waals surface area contributed by atoms with Crippen molar-refractivity contribution in [2.75, 3.05) is 157 Å². The fourth-order valence-corrected chi connectivity index (χ4v) is 19.4. The molecule has 3 saturated carbocycles. The van der Waals surface area contributed by atoms with Gasteiger partial charge in [-0.05, 0) is 236 Å². The molecule has 0 atom stereocenters. The van der Waals surface area contributed by atoms with E-state index in [0.717, 1.165) is 96.2 Å². The van der Waals surface area contributed by atoms with Crippen LogP contribution in [0.5, 0.6) is 0 Å². The number of carbonyl (C=O) groups is 7. The minimum absolute atomic E-state index is 0.0334. The highest BCUT2D eigenvalue weighted by Gasteiger charge is 2.38. The van der Waals surface area contributed by atoms with E-state index in [9.17, 15) is 72.0 Å². The molecule has 13 aromatic rings. The van der Waals surface area contributed by atoms with E-state index in [4.69, 9.17) is 60.6 Å². The minimum Gasteiger partial charge on any atom is -0.463 e. The maximum Gasteiger partial charge on any atom is 0.344 e. The molecule has 3 aliphatic carbocycles. The molecule has 16 rings (SSSR count). The Morgan fingerprint density at radius 1 is 0.358 bits per heavy atom. The third-order valence-corrected chi connectivity index (χ3v) is 28.1. The number of sulfonamides is 3. The van der Waals surface area contributed by atoms with E-state index >= 15 is 0 Å². The molecule has 0 radical (unpaired) electrons. The molecule has 0 unspecified atom stereocenters. The maximum absolute atomic E-state index is 13.7. The molecule has 0 spiro atoms. The van der Waals surface area contributed by atoms with Crippen LogP contribution in [0.3, 0.4) is 0 Å². The van der Waals surface area contributed by atoms with Gasteiger partial charge in [0.15, 0.2) is 6.61 Å². The van der Waals surface area contributed by atoms with Gasteiger partial charge in [-0.3, -0.25) is 27.3 Å². The Balaban J connectivity index is 0.000000175. The van der Waals surface area contributed by atoms with Crippen LogP contribution in [0.4, 0.5) is 30.2 Å². The van der Waals surface area contributed by atoms with Crippen LogP contribution >= 0.6 is 11.8 Å². The Morgan fingerprint density at radius 2 is 0.649 bits per heavy atom. The van der Waals surface area contributed by atoms with E-state index in [0.29, 0.717) is 114 Å². The second-order valence-electron chi connectivity index (χ2n) is 35.1. The van der Waals surface area contributed by atoms with Crippen LogP contribution in [0.15, 0.2) is 226 Å². The van der Waals surface area contributed by atoms with Crippen molar-refractivity contribution in [2.24, 2.45) is 0 Å². The number of amides is 3. The van der Waals surface area contributed by atoms with Crippen LogP contribution in [0.25, 0.3) is 66.9 Å². The van der Waals surface area contributed by atoms with Crippen molar-refractivity contribution in [3.05, 3.63) is 302 Å². The highest BCUT2D eigenvalue weighted by Crippen LogP contribution is 2.52. The van der Waals surface area contributed by atoms with Crippen molar-refractivity contribution < 1.29 is 133 Å². The second-order valence-corrected chi connectivity index (χ2v) is 41.6. The monoisotopic (exact) mass is 2110 g/mol. The van der Waals surface area contributed by atoms with E-state index < -0.39 is 72.0 Å². The fraction of sp³-hybridized carbons (Fsp3) is 0.330. The van der Waals surface area contributed by atoms with Gasteiger partial charge >= 0.3 is 23.9 Å². The van der Waals surface area contributed by atoms with Gasteiger partial charge < -0.3 is 76.6 Å². The summed E-state index contributed by atoms with van der Waals surface area (Å²) < 4.78 is 197. The first-order chi connectivity index (χ1) is 71.2. The fourth-order valence-electron chi connectivity index (χ4n) is 16.4. The number of hydrogen-bond donors (Lipinski definition) is 3. The quantitative estimate of drug-likeness (QED) is 0.0138. The SMILES string of the molecule is CCOC(=O)COC(=O)c1ccc(COCCOCCN(c2cc3oc(-c4ccc(F)cc4)c(C(=O)NC)c3cc2C2CC2)S(C)(=O)=O)cc1.CNC(=O)c1c(-c2ccc(F)cc2)oc2cc(N(CCOCCOCc3ccc(C(=O)OCSC)cc3)S(C)(=O)=O)c(C3CC3)cc12.CNC(=O)c1c(-c2ccc(F)cc2)oc2cc(N(CCOCCOCc3ccc(C(=O)OCc4ccccc4)cc3)S(C)(=O)=O)c(C3CC3)cc12. The summed E-state index contributed by atoms with van der Waals surface area (Å²) in [5, 5.41) is 9.61. The highest BCUT2D eigenvalue weighted by molar-refractivity contribution is 7.98.